The Morgan fingerprint density at radius 1 is 1.16 bits per heavy atom. The highest BCUT2D eigenvalue weighted by molar-refractivity contribution is 7.89. The van der Waals surface area contributed by atoms with Gasteiger partial charge in [0.15, 0.2) is 0 Å². The summed E-state index contributed by atoms with van der Waals surface area (Å²) in [6.45, 7) is 7.14. The van der Waals surface area contributed by atoms with Gasteiger partial charge in [0.05, 0.1) is 17.5 Å². The van der Waals surface area contributed by atoms with Crippen LogP contribution < -0.4 is 10.0 Å². The molecule has 0 heterocycles. The lowest BCUT2D eigenvalue weighted by molar-refractivity contribution is -0.124. The van der Waals surface area contributed by atoms with Crippen molar-refractivity contribution in [3.63, 3.8) is 0 Å². The molecule has 1 aromatic carbocycles. The Balaban J connectivity index is 2.92. The molecule has 0 saturated carbocycles. The number of sulfonamides is 1. The number of halogens is 1. The standard InChI is InChI=1S/C17H27FN2O4S/c1-11(2)9-14(10-21)19-17(22)16(12(3)4)20-25(23,24)15-7-5-13(18)6-8-15/h5-8,11-12,14,16,20-21H,9-10H2,1-4H3,(H,19,22)/t14-,16+/m1/s1. The predicted octanol–water partition coefficient (Wildman–Crippen LogP) is 1.65. The zero-order valence-electron chi connectivity index (χ0n) is 15.0. The van der Waals surface area contributed by atoms with E-state index in [0.29, 0.717) is 6.42 Å². The van der Waals surface area contributed by atoms with Crippen molar-refractivity contribution in [3.05, 3.63) is 30.1 Å². The molecule has 142 valence electrons. The summed E-state index contributed by atoms with van der Waals surface area (Å²) in [5.41, 5.74) is 0. The van der Waals surface area contributed by atoms with Crippen LogP contribution >= 0.6 is 0 Å². The van der Waals surface area contributed by atoms with E-state index >= 15 is 0 Å². The highest BCUT2D eigenvalue weighted by atomic mass is 32.2. The molecule has 1 amide bonds. The average molecular weight is 374 g/mol. The Bertz CT molecular complexity index is 660. The molecule has 0 unspecified atom stereocenters. The van der Waals surface area contributed by atoms with Crippen molar-refractivity contribution in [3.8, 4) is 0 Å². The van der Waals surface area contributed by atoms with Crippen LogP contribution in [0.4, 0.5) is 4.39 Å². The number of hydrogen-bond donors (Lipinski definition) is 3. The third-order valence-electron chi connectivity index (χ3n) is 3.68. The van der Waals surface area contributed by atoms with E-state index in [-0.39, 0.29) is 23.3 Å². The van der Waals surface area contributed by atoms with Crippen LogP contribution in [0.2, 0.25) is 0 Å². The minimum Gasteiger partial charge on any atom is -0.394 e. The monoisotopic (exact) mass is 374 g/mol. The van der Waals surface area contributed by atoms with Gasteiger partial charge in [0.25, 0.3) is 0 Å². The molecular formula is C17H27FN2O4S. The molecule has 2 atom stereocenters. The SMILES string of the molecule is CC(C)C[C@H](CO)NC(=O)[C@@H](NS(=O)(=O)c1ccc(F)cc1)C(C)C. The van der Waals surface area contributed by atoms with Crippen LogP contribution in [-0.4, -0.2) is 38.1 Å². The number of carbonyl (C=O) groups excluding carboxylic acids is 1. The second-order valence-corrected chi connectivity index (χ2v) is 8.53. The van der Waals surface area contributed by atoms with Crippen LogP contribution in [0.1, 0.15) is 34.1 Å². The molecule has 0 saturated heterocycles. The van der Waals surface area contributed by atoms with Crippen LogP contribution in [0, 0.1) is 17.7 Å². The topological polar surface area (TPSA) is 95.5 Å². The van der Waals surface area contributed by atoms with Gasteiger partial charge in [-0.15, -0.1) is 0 Å². The van der Waals surface area contributed by atoms with Gasteiger partial charge in [-0.1, -0.05) is 27.7 Å². The molecule has 1 rings (SSSR count). The van der Waals surface area contributed by atoms with E-state index in [9.17, 15) is 22.7 Å². The molecule has 0 bridgehead atoms. The third-order valence-corrected chi connectivity index (χ3v) is 5.13. The summed E-state index contributed by atoms with van der Waals surface area (Å²) in [7, 11) is -3.97. The molecule has 0 spiro atoms. The number of aliphatic hydroxyl groups excluding tert-OH is 1. The van der Waals surface area contributed by atoms with Crippen LogP contribution in [-0.2, 0) is 14.8 Å². The fourth-order valence-electron chi connectivity index (χ4n) is 2.38. The van der Waals surface area contributed by atoms with Gasteiger partial charge in [-0.05, 0) is 42.5 Å². The molecule has 0 fully saturated rings. The van der Waals surface area contributed by atoms with Gasteiger partial charge in [0.1, 0.15) is 11.9 Å². The van der Waals surface area contributed by atoms with Crippen LogP contribution in [0.15, 0.2) is 29.2 Å². The number of carbonyl (C=O) groups is 1. The summed E-state index contributed by atoms with van der Waals surface area (Å²) in [6, 6.07) is 2.93. The van der Waals surface area contributed by atoms with Crippen molar-refractivity contribution in [1.82, 2.24) is 10.0 Å². The van der Waals surface area contributed by atoms with Crippen molar-refractivity contribution in [1.29, 1.82) is 0 Å². The number of rotatable bonds is 9. The molecule has 6 nitrogen and oxygen atoms in total. The van der Waals surface area contributed by atoms with E-state index in [4.69, 9.17) is 0 Å². The molecule has 25 heavy (non-hydrogen) atoms. The first-order valence-electron chi connectivity index (χ1n) is 8.26. The fourth-order valence-corrected chi connectivity index (χ4v) is 3.72. The van der Waals surface area contributed by atoms with E-state index in [2.05, 4.69) is 10.0 Å². The molecule has 1 aromatic rings. The van der Waals surface area contributed by atoms with E-state index in [1.54, 1.807) is 13.8 Å². The first-order valence-corrected chi connectivity index (χ1v) is 9.74. The van der Waals surface area contributed by atoms with E-state index in [0.717, 1.165) is 24.3 Å². The van der Waals surface area contributed by atoms with Gasteiger partial charge in [0, 0.05) is 0 Å². The largest absolute Gasteiger partial charge is 0.394 e. The second kappa shape index (κ2) is 9.26. The number of nitrogens with one attached hydrogen (secondary N) is 2. The molecule has 8 heteroatoms. The number of amides is 1. The first kappa shape index (κ1) is 21.5. The minimum absolute atomic E-state index is 0.117. The lowest BCUT2D eigenvalue weighted by atomic mass is 10.0. The number of benzene rings is 1. The third kappa shape index (κ3) is 6.72. The fraction of sp³-hybridized carbons (Fsp3) is 0.588. The van der Waals surface area contributed by atoms with E-state index in [1.165, 1.54) is 0 Å². The van der Waals surface area contributed by atoms with E-state index < -0.39 is 33.8 Å². The molecule has 0 radical (unpaired) electrons. The normalized spacial score (nSPS) is 14.6. The predicted molar refractivity (Wildman–Crippen MR) is 93.8 cm³/mol. The Morgan fingerprint density at radius 2 is 1.72 bits per heavy atom. The number of aliphatic hydroxyl groups is 1. The molecule has 3 N–H and O–H groups in total. The summed E-state index contributed by atoms with van der Waals surface area (Å²) in [6.07, 6.45) is 0.581. The Labute approximate surface area is 148 Å². The lowest BCUT2D eigenvalue weighted by Gasteiger charge is -2.25. The summed E-state index contributed by atoms with van der Waals surface area (Å²) < 4.78 is 40.2. The Kier molecular flexibility index (Phi) is 7.98. The maximum Gasteiger partial charge on any atom is 0.241 e. The summed E-state index contributed by atoms with van der Waals surface area (Å²) in [4.78, 5) is 12.4. The summed E-state index contributed by atoms with van der Waals surface area (Å²) in [5, 5.41) is 12.1. The second-order valence-electron chi connectivity index (χ2n) is 6.81. The highest BCUT2D eigenvalue weighted by Crippen LogP contribution is 2.13. The van der Waals surface area contributed by atoms with Crippen LogP contribution in [0.3, 0.4) is 0 Å². The van der Waals surface area contributed by atoms with E-state index in [1.807, 2.05) is 13.8 Å². The quantitative estimate of drug-likeness (QED) is 0.612. The van der Waals surface area contributed by atoms with Gasteiger partial charge in [0.2, 0.25) is 15.9 Å². The van der Waals surface area contributed by atoms with Gasteiger partial charge >= 0.3 is 0 Å². The summed E-state index contributed by atoms with van der Waals surface area (Å²) in [5.74, 6) is -1.09. The van der Waals surface area contributed by atoms with Crippen LogP contribution in [0.25, 0.3) is 0 Å². The molecular weight excluding hydrogens is 347 g/mol. The Hall–Kier alpha value is -1.51. The Morgan fingerprint density at radius 3 is 2.16 bits per heavy atom. The van der Waals surface area contributed by atoms with Crippen molar-refractivity contribution in [2.75, 3.05) is 6.61 Å². The van der Waals surface area contributed by atoms with Crippen molar-refractivity contribution in [2.24, 2.45) is 11.8 Å². The maximum absolute atomic E-state index is 13.0. The zero-order valence-corrected chi connectivity index (χ0v) is 15.8. The molecule has 0 aliphatic carbocycles. The first-order chi connectivity index (χ1) is 11.6. The van der Waals surface area contributed by atoms with Gasteiger partial charge in [-0.3, -0.25) is 4.79 Å². The van der Waals surface area contributed by atoms with Gasteiger partial charge < -0.3 is 10.4 Å². The average Bonchev–Trinajstić information content (AvgIpc) is 2.51. The zero-order chi connectivity index (χ0) is 19.2. The van der Waals surface area contributed by atoms with Crippen molar-refractivity contribution in [2.45, 2.75) is 51.1 Å². The maximum atomic E-state index is 13.0. The lowest BCUT2D eigenvalue weighted by Crippen LogP contribution is -2.52. The van der Waals surface area contributed by atoms with Crippen molar-refractivity contribution >= 4 is 15.9 Å². The van der Waals surface area contributed by atoms with Crippen molar-refractivity contribution < 1.29 is 22.7 Å². The summed E-state index contributed by atoms with van der Waals surface area (Å²) >= 11 is 0. The minimum atomic E-state index is -3.97. The van der Waals surface area contributed by atoms with Crippen LogP contribution in [0.5, 0.6) is 0 Å². The highest BCUT2D eigenvalue weighted by Gasteiger charge is 2.29. The smallest absolute Gasteiger partial charge is 0.241 e. The number of hydrogen-bond acceptors (Lipinski definition) is 4. The molecule has 0 aliphatic rings. The van der Waals surface area contributed by atoms with Gasteiger partial charge in [-0.2, -0.15) is 4.72 Å². The molecule has 0 aromatic heterocycles. The van der Waals surface area contributed by atoms with Gasteiger partial charge in [-0.25, -0.2) is 12.8 Å². The molecule has 0 aliphatic heterocycles.